The lowest BCUT2D eigenvalue weighted by Crippen LogP contribution is -2.32. The maximum absolute atomic E-state index is 5.06. The number of nitrogens with one attached hydrogen (secondary N) is 1. The number of amidine groups is 1. The molecule has 0 spiro atoms. The number of hydrogen-bond acceptors (Lipinski definition) is 3. The molecule has 0 rings (SSSR count). The second-order valence-corrected chi connectivity index (χ2v) is 3.49. The second-order valence-electron chi connectivity index (χ2n) is 3.49. The Morgan fingerprint density at radius 1 is 1.46 bits per heavy atom. The van der Waals surface area contributed by atoms with Crippen molar-refractivity contribution in [2.45, 2.75) is 19.9 Å². The smallest absolute Gasteiger partial charge is 0.284 e. The number of ether oxygens (including phenoxy) is 1. The van der Waals surface area contributed by atoms with E-state index in [1.165, 1.54) is 0 Å². The van der Waals surface area contributed by atoms with Gasteiger partial charge in [-0.1, -0.05) is 0 Å². The summed E-state index contributed by atoms with van der Waals surface area (Å²) in [6, 6.07) is 0.981. The summed E-state index contributed by atoms with van der Waals surface area (Å²) in [6.45, 7) is 5.81. The topological polar surface area (TPSA) is 36.9 Å². The molecule has 0 radical (unpaired) electrons. The van der Waals surface area contributed by atoms with Crippen molar-refractivity contribution in [1.29, 1.82) is 0 Å². The predicted octanol–water partition coefficient (Wildman–Crippen LogP) is 0.548. The Labute approximate surface area is 81.0 Å². The van der Waals surface area contributed by atoms with Crippen LogP contribution < -0.4 is 5.32 Å². The summed E-state index contributed by atoms with van der Waals surface area (Å²) in [6.07, 6.45) is 0. The third kappa shape index (κ3) is 7.59. The van der Waals surface area contributed by atoms with Gasteiger partial charge in [0.05, 0.1) is 13.7 Å². The third-order valence-electron chi connectivity index (χ3n) is 1.41. The van der Waals surface area contributed by atoms with Crippen molar-refractivity contribution < 1.29 is 4.74 Å². The van der Waals surface area contributed by atoms with E-state index in [0.717, 1.165) is 13.1 Å². The van der Waals surface area contributed by atoms with Gasteiger partial charge in [-0.25, -0.2) is 4.99 Å². The first-order valence-corrected chi connectivity index (χ1v) is 4.56. The van der Waals surface area contributed by atoms with E-state index in [1.54, 1.807) is 7.11 Å². The van der Waals surface area contributed by atoms with Gasteiger partial charge in [-0.2, -0.15) is 0 Å². The Morgan fingerprint density at radius 2 is 2.08 bits per heavy atom. The quantitative estimate of drug-likeness (QED) is 0.516. The molecule has 0 aromatic heterocycles. The van der Waals surface area contributed by atoms with Crippen LogP contribution in [0.5, 0.6) is 0 Å². The molecule has 0 aromatic carbocycles. The van der Waals surface area contributed by atoms with Crippen molar-refractivity contribution in [2.75, 3.05) is 34.3 Å². The molecule has 0 saturated carbocycles. The summed E-state index contributed by atoms with van der Waals surface area (Å²) in [7, 11) is 5.68. The summed E-state index contributed by atoms with van der Waals surface area (Å²) in [5, 5.41) is 3.11. The molecule has 0 aromatic rings. The van der Waals surface area contributed by atoms with Gasteiger partial charge in [0, 0.05) is 12.6 Å². The van der Waals surface area contributed by atoms with E-state index in [9.17, 15) is 0 Å². The predicted molar refractivity (Wildman–Crippen MR) is 56.1 cm³/mol. The molecular formula is C9H21N3O. The van der Waals surface area contributed by atoms with Crippen LogP contribution in [-0.4, -0.2) is 51.3 Å². The van der Waals surface area contributed by atoms with Crippen LogP contribution in [0, 0.1) is 0 Å². The lowest BCUT2D eigenvalue weighted by atomic mass is 10.4. The van der Waals surface area contributed by atoms with Gasteiger partial charge < -0.3 is 15.0 Å². The fourth-order valence-corrected chi connectivity index (χ4v) is 0.768. The van der Waals surface area contributed by atoms with Crippen LogP contribution in [0.15, 0.2) is 4.99 Å². The van der Waals surface area contributed by atoms with E-state index < -0.39 is 0 Å². The maximum Gasteiger partial charge on any atom is 0.284 e. The van der Waals surface area contributed by atoms with Crippen molar-refractivity contribution in [2.24, 2.45) is 4.99 Å². The largest absolute Gasteiger partial charge is 0.469 e. The summed E-state index contributed by atoms with van der Waals surface area (Å²) >= 11 is 0. The number of aliphatic imine (C=N–C) groups is 1. The van der Waals surface area contributed by atoms with Gasteiger partial charge in [0.1, 0.15) is 0 Å². The molecule has 0 aliphatic carbocycles. The minimum Gasteiger partial charge on any atom is -0.469 e. The number of methoxy groups -OCH3 is 1. The third-order valence-corrected chi connectivity index (χ3v) is 1.41. The molecule has 0 atom stereocenters. The standard InChI is InChI=1S/C9H21N3O/c1-8(2)11-9(13-5)10-6-7-12(3)4/h8H,6-7H2,1-5H3,(H,10,11). The minimum absolute atomic E-state index is 0.359. The molecule has 4 nitrogen and oxygen atoms in total. The first-order valence-electron chi connectivity index (χ1n) is 4.56. The van der Waals surface area contributed by atoms with Crippen LogP contribution in [0.25, 0.3) is 0 Å². The van der Waals surface area contributed by atoms with Gasteiger partial charge in [-0.3, -0.25) is 0 Å². The number of rotatable bonds is 4. The van der Waals surface area contributed by atoms with Crippen LogP contribution in [0.4, 0.5) is 0 Å². The van der Waals surface area contributed by atoms with Crippen LogP contribution in [0.1, 0.15) is 13.8 Å². The van der Waals surface area contributed by atoms with E-state index >= 15 is 0 Å². The average molecular weight is 187 g/mol. The van der Waals surface area contributed by atoms with E-state index in [4.69, 9.17) is 4.74 Å². The lowest BCUT2D eigenvalue weighted by molar-refractivity contribution is 0.366. The van der Waals surface area contributed by atoms with E-state index in [-0.39, 0.29) is 0 Å². The molecule has 0 bridgehead atoms. The first kappa shape index (κ1) is 12.2. The minimum atomic E-state index is 0.359. The van der Waals surface area contributed by atoms with Crippen molar-refractivity contribution >= 4 is 6.02 Å². The number of likely N-dealkylation sites (N-methyl/N-ethyl adjacent to an activating group) is 1. The molecule has 0 fully saturated rings. The zero-order chi connectivity index (χ0) is 10.3. The molecule has 0 heterocycles. The van der Waals surface area contributed by atoms with Gasteiger partial charge in [-0.05, 0) is 27.9 Å². The Balaban J connectivity index is 3.78. The summed E-state index contributed by atoms with van der Waals surface area (Å²) in [5.41, 5.74) is 0. The number of hydrogen-bond donors (Lipinski definition) is 1. The van der Waals surface area contributed by atoms with Crippen molar-refractivity contribution in [3.63, 3.8) is 0 Å². The van der Waals surface area contributed by atoms with Crippen LogP contribution in [0.2, 0.25) is 0 Å². The van der Waals surface area contributed by atoms with Gasteiger partial charge in [0.25, 0.3) is 6.02 Å². The zero-order valence-corrected chi connectivity index (χ0v) is 9.29. The Hall–Kier alpha value is -0.770. The summed E-state index contributed by atoms with van der Waals surface area (Å²) < 4.78 is 5.06. The van der Waals surface area contributed by atoms with Crippen LogP contribution in [-0.2, 0) is 4.74 Å². The average Bonchev–Trinajstić information content (AvgIpc) is 2.01. The van der Waals surface area contributed by atoms with Gasteiger partial charge in [-0.15, -0.1) is 0 Å². The highest BCUT2D eigenvalue weighted by Gasteiger charge is 1.99. The number of nitrogens with zero attached hydrogens (tertiary/aromatic N) is 2. The fraction of sp³-hybridized carbons (Fsp3) is 0.889. The van der Waals surface area contributed by atoms with Crippen LogP contribution >= 0.6 is 0 Å². The SMILES string of the molecule is COC(=NCCN(C)C)NC(C)C. The van der Waals surface area contributed by atoms with Gasteiger partial charge in [0.15, 0.2) is 0 Å². The highest BCUT2D eigenvalue weighted by molar-refractivity contribution is 5.73. The highest BCUT2D eigenvalue weighted by Crippen LogP contribution is 1.83. The molecular weight excluding hydrogens is 166 g/mol. The molecule has 0 unspecified atom stereocenters. The maximum atomic E-state index is 5.06. The normalized spacial score (nSPS) is 12.4. The molecule has 0 amide bonds. The van der Waals surface area contributed by atoms with E-state index in [0.29, 0.717) is 12.1 Å². The zero-order valence-electron chi connectivity index (χ0n) is 9.29. The van der Waals surface area contributed by atoms with Crippen LogP contribution in [0.3, 0.4) is 0 Å². The molecule has 0 saturated heterocycles. The molecule has 1 N–H and O–H groups in total. The van der Waals surface area contributed by atoms with Gasteiger partial charge in [0.2, 0.25) is 0 Å². The molecule has 4 heteroatoms. The summed E-state index contributed by atoms with van der Waals surface area (Å²) in [4.78, 5) is 6.35. The van der Waals surface area contributed by atoms with Gasteiger partial charge >= 0.3 is 0 Å². The fourth-order valence-electron chi connectivity index (χ4n) is 0.768. The Morgan fingerprint density at radius 3 is 2.46 bits per heavy atom. The molecule has 78 valence electrons. The van der Waals surface area contributed by atoms with Crippen molar-refractivity contribution in [3.05, 3.63) is 0 Å². The van der Waals surface area contributed by atoms with E-state index in [1.807, 2.05) is 14.1 Å². The lowest BCUT2D eigenvalue weighted by Gasteiger charge is -2.12. The Bertz CT molecular complexity index is 155. The van der Waals surface area contributed by atoms with Crippen molar-refractivity contribution in [1.82, 2.24) is 10.2 Å². The van der Waals surface area contributed by atoms with Crippen molar-refractivity contribution in [3.8, 4) is 0 Å². The monoisotopic (exact) mass is 187 g/mol. The second kappa shape index (κ2) is 6.71. The first-order chi connectivity index (χ1) is 6.06. The summed E-state index contributed by atoms with van der Waals surface area (Å²) in [5.74, 6) is 0. The molecule has 0 aliphatic heterocycles. The molecule has 13 heavy (non-hydrogen) atoms. The molecule has 0 aliphatic rings. The highest BCUT2D eigenvalue weighted by atomic mass is 16.5. The Kier molecular flexibility index (Phi) is 6.32. The van der Waals surface area contributed by atoms with E-state index in [2.05, 4.69) is 29.1 Å².